The molecule has 0 amide bonds. The Hall–Kier alpha value is -0.110. The monoisotopic (exact) mass is 260 g/mol. The summed E-state index contributed by atoms with van der Waals surface area (Å²) in [6.45, 7) is 8.37. The van der Waals surface area contributed by atoms with Crippen LogP contribution in [0.4, 0.5) is 0 Å². The molecule has 0 bridgehead atoms. The van der Waals surface area contributed by atoms with Crippen LogP contribution in [0.1, 0.15) is 46.0 Å². The zero-order chi connectivity index (χ0) is 12.7. The van der Waals surface area contributed by atoms with Crippen molar-refractivity contribution in [2.45, 2.75) is 51.6 Å². The van der Waals surface area contributed by atoms with Crippen molar-refractivity contribution in [1.29, 1.82) is 0 Å². The van der Waals surface area contributed by atoms with E-state index in [1.54, 1.807) is 0 Å². The fourth-order valence-corrected chi connectivity index (χ4v) is 4.30. The zero-order valence-corrected chi connectivity index (χ0v) is 12.0. The molecule has 0 radical (unpaired) electrons. The van der Waals surface area contributed by atoms with Gasteiger partial charge in [-0.2, -0.15) is 0 Å². The Bertz CT molecular complexity index is 264. The third-order valence-electron chi connectivity index (χ3n) is 3.07. The molecular formula is C13H25O3P. The Kier molecular flexibility index (Phi) is 6.47. The van der Waals surface area contributed by atoms with E-state index in [1.165, 1.54) is 12.8 Å². The maximum absolute atomic E-state index is 12.7. The minimum atomic E-state index is -2.92. The van der Waals surface area contributed by atoms with E-state index in [1.807, 2.05) is 19.9 Å². The average molecular weight is 260 g/mol. The molecule has 17 heavy (non-hydrogen) atoms. The number of hydrogen-bond acceptors (Lipinski definition) is 3. The molecule has 1 saturated carbocycles. The topological polar surface area (TPSA) is 35.5 Å². The minimum Gasteiger partial charge on any atom is -0.309 e. The van der Waals surface area contributed by atoms with E-state index in [-0.39, 0.29) is 5.66 Å². The summed E-state index contributed by atoms with van der Waals surface area (Å²) in [5.74, 6) is 0.735. The first-order valence-corrected chi connectivity index (χ1v) is 8.27. The Morgan fingerprint density at radius 1 is 1.35 bits per heavy atom. The van der Waals surface area contributed by atoms with Crippen LogP contribution in [0.2, 0.25) is 0 Å². The van der Waals surface area contributed by atoms with Gasteiger partial charge in [-0.1, -0.05) is 18.9 Å². The van der Waals surface area contributed by atoms with Gasteiger partial charge in [0.15, 0.2) is 0 Å². The molecule has 0 aromatic heterocycles. The first-order chi connectivity index (χ1) is 8.16. The Morgan fingerprint density at radius 2 is 1.94 bits per heavy atom. The number of hydrogen-bond donors (Lipinski definition) is 0. The normalized spacial score (nSPS) is 18.0. The van der Waals surface area contributed by atoms with Crippen LogP contribution in [0, 0.1) is 5.92 Å². The molecule has 0 aliphatic heterocycles. The maximum Gasteiger partial charge on any atom is 0.333 e. The van der Waals surface area contributed by atoms with Gasteiger partial charge in [0.05, 0.1) is 18.9 Å². The lowest BCUT2D eigenvalue weighted by atomic mass is 10.1. The van der Waals surface area contributed by atoms with Crippen LogP contribution in [0.25, 0.3) is 0 Å². The summed E-state index contributed by atoms with van der Waals surface area (Å²) in [5.41, 5.74) is 0.0490. The molecule has 4 heteroatoms. The predicted octanol–water partition coefficient (Wildman–Crippen LogP) is 4.39. The summed E-state index contributed by atoms with van der Waals surface area (Å²) < 4.78 is 23.6. The maximum atomic E-state index is 12.7. The number of rotatable bonds is 10. The van der Waals surface area contributed by atoms with Gasteiger partial charge in [0.1, 0.15) is 0 Å². The van der Waals surface area contributed by atoms with E-state index >= 15 is 0 Å². The first kappa shape index (κ1) is 14.9. The lowest BCUT2D eigenvalue weighted by Crippen LogP contribution is -2.14. The molecule has 100 valence electrons. The molecule has 1 fully saturated rings. The minimum absolute atomic E-state index is 0.0490. The van der Waals surface area contributed by atoms with Crippen molar-refractivity contribution in [3.8, 4) is 0 Å². The first-order valence-electron chi connectivity index (χ1n) is 6.66. The van der Waals surface area contributed by atoms with Crippen LogP contribution in [0.5, 0.6) is 0 Å². The van der Waals surface area contributed by atoms with E-state index in [0.29, 0.717) is 13.2 Å². The molecular weight excluding hydrogens is 235 g/mol. The molecule has 0 aromatic rings. The molecule has 0 N–H and O–H groups in total. The fourth-order valence-electron chi connectivity index (χ4n) is 2.06. The number of allylic oxidation sites excluding steroid dienone is 1. The van der Waals surface area contributed by atoms with Gasteiger partial charge in [-0.25, -0.2) is 0 Å². The Morgan fingerprint density at radius 3 is 2.35 bits per heavy atom. The third kappa shape index (κ3) is 4.95. The van der Waals surface area contributed by atoms with Crippen molar-refractivity contribution in [2.24, 2.45) is 5.92 Å². The van der Waals surface area contributed by atoms with Crippen molar-refractivity contribution in [2.75, 3.05) is 13.2 Å². The van der Waals surface area contributed by atoms with Crippen molar-refractivity contribution < 1.29 is 13.6 Å². The van der Waals surface area contributed by atoms with E-state index < -0.39 is 7.60 Å². The summed E-state index contributed by atoms with van der Waals surface area (Å²) >= 11 is 0. The van der Waals surface area contributed by atoms with Gasteiger partial charge in [0.25, 0.3) is 0 Å². The van der Waals surface area contributed by atoms with Crippen LogP contribution < -0.4 is 0 Å². The largest absolute Gasteiger partial charge is 0.333 e. The van der Waals surface area contributed by atoms with E-state index in [0.717, 1.165) is 25.2 Å². The Labute approximate surface area is 105 Å². The van der Waals surface area contributed by atoms with Crippen LogP contribution >= 0.6 is 7.60 Å². The molecule has 3 nitrogen and oxygen atoms in total. The van der Waals surface area contributed by atoms with Crippen LogP contribution in [-0.2, 0) is 13.6 Å². The second-order valence-corrected chi connectivity index (χ2v) is 6.90. The average Bonchev–Trinajstić information content (AvgIpc) is 3.08. The zero-order valence-electron chi connectivity index (χ0n) is 11.1. The summed E-state index contributed by atoms with van der Waals surface area (Å²) in [6.07, 6.45) is 7.12. The molecule has 1 aliphatic rings. The quantitative estimate of drug-likeness (QED) is 0.431. The van der Waals surface area contributed by atoms with Gasteiger partial charge < -0.3 is 9.05 Å². The van der Waals surface area contributed by atoms with Crippen molar-refractivity contribution in [3.63, 3.8) is 0 Å². The van der Waals surface area contributed by atoms with Gasteiger partial charge >= 0.3 is 7.60 Å². The smallest absolute Gasteiger partial charge is 0.309 e. The van der Waals surface area contributed by atoms with Gasteiger partial charge in [0.2, 0.25) is 0 Å². The molecule has 0 heterocycles. The standard InChI is InChI=1S/C13H25O3P/c1-4-7-8-13(11-12-9-10-12)17(14,15-5-2)16-6-3/h4,12-13H,1,5-11H2,2-3H3. The van der Waals surface area contributed by atoms with Crippen molar-refractivity contribution in [3.05, 3.63) is 12.7 Å². The fraction of sp³-hybridized carbons (Fsp3) is 0.846. The summed E-state index contributed by atoms with van der Waals surface area (Å²) in [5, 5.41) is 0. The van der Waals surface area contributed by atoms with Gasteiger partial charge in [-0.3, -0.25) is 4.57 Å². The van der Waals surface area contributed by atoms with Gasteiger partial charge in [0, 0.05) is 0 Å². The second kappa shape index (κ2) is 7.35. The predicted molar refractivity (Wildman–Crippen MR) is 71.4 cm³/mol. The molecule has 1 atom stereocenters. The van der Waals surface area contributed by atoms with Crippen molar-refractivity contribution in [1.82, 2.24) is 0 Å². The van der Waals surface area contributed by atoms with E-state index in [9.17, 15) is 4.57 Å². The van der Waals surface area contributed by atoms with E-state index in [2.05, 4.69) is 6.58 Å². The summed E-state index contributed by atoms with van der Waals surface area (Å²) in [6, 6.07) is 0. The second-order valence-electron chi connectivity index (χ2n) is 4.57. The van der Waals surface area contributed by atoms with Crippen LogP contribution in [-0.4, -0.2) is 18.9 Å². The van der Waals surface area contributed by atoms with E-state index in [4.69, 9.17) is 9.05 Å². The molecule has 0 spiro atoms. The molecule has 1 unspecified atom stereocenters. The molecule has 0 aromatic carbocycles. The lowest BCUT2D eigenvalue weighted by Gasteiger charge is -2.26. The molecule has 0 saturated heterocycles. The molecule has 1 aliphatic carbocycles. The Balaban J connectivity index is 2.65. The molecule has 1 rings (SSSR count). The van der Waals surface area contributed by atoms with Crippen LogP contribution in [0.3, 0.4) is 0 Å². The summed E-state index contributed by atoms with van der Waals surface area (Å²) in [4.78, 5) is 0. The lowest BCUT2D eigenvalue weighted by molar-refractivity contribution is 0.208. The van der Waals surface area contributed by atoms with Gasteiger partial charge in [-0.05, 0) is 39.0 Å². The highest BCUT2D eigenvalue weighted by atomic mass is 31.2. The highest BCUT2D eigenvalue weighted by Gasteiger charge is 2.38. The highest BCUT2D eigenvalue weighted by Crippen LogP contribution is 2.58. The highest BCUT2D eigenvalue weighted by molar-refractivity contribution is 7.54. The summed E-state index contributed by atoms with van der Waals surface area (Å²) in [7, 11) is -2.92. The van der Waals surface area contributed by atoms with Crippen LogP contribution in [0.15, 0.2) is 12.7 Å². The third-order valence-corrected chi connectivity index (χ3v) is 5.67. The van der Waals surface area contributed by atoms with Gasteiger partial charge in [-0.15, -0.1) is 6.58 Å². The SMILES string of the molecule is C=CCCC(CC1CC1)P(=O)(OCC)OCC. The van der Waals surface area contributed by atoms with Crippen molar-refractivity contribution >= 4 is 7.60 Å².